The van der Waals surface area contributed by atoms with Crippen molar-refractivity contribution in [1.82, 2.24) is 0 Å². The minimum Gasteiger partial charge on any atom is -0.498 e. The van der Waals surface area contributed by atoms with E-state index in [4.69, 9.17) is 15.6 Å². The molecule has 3 nitrogen and oxygen atoms in total. The maximum absolute atomic E-state index is 13.6. The van der Waals surface area contributed by atoms with Crippen molar-refractivity contribution in [2.45, 2.75) is 31.2 Å². The third-order valence-electron chi connectivity index (χ3n) is 2.33. The van der Waals surface area contributed by atoms with Gasteiger partial charge in [0.25, 0.3) is 6.26 Å². The van der Waals surface area contributed by atoms with E-state index < -0.39 is 5.67 Å². The number of halogens is 1. The van der Waals surface area contributed by atoms with Gasteiger partial charge in [-0.1, -0.05) is 6.42 Å². The quantitative estimate of drug-likeness (QED) is 0.495. The van der Waals surface area contributed by atoms with E-state index in [9.17, 15) is 4.39 Å². The lowest BCUT2D eigenvalue weighted by Gasteiger charge is -2.29. The first-order valence-electron chi connectivity index (χ1n) is 4.14. The van der Waals surface area contributed by atoms with Crippen molar-refractivity contribution in [3.8, 4) is 6.26 Å². The molecule has 0 unspecified atom stereocenters. The van der Waals surface area contributed by atoms with Gasteiger partial charge >= 0.3 is 6.92 Å². The van der Waals surface area contributed by atoms with Gasteiger partial charge in [-0.25, -0.2) is 4.39 Å². The van der Waals surface area contributed by atoms with Crippen molar-refractivity contribution in [3.05, 3.63) is 0 Å². The molecule has 1 heterocycles. The smallest absolute Gasteiger partial charge is 0.376 e. The molecule has 66 valence electrons. The Hall–Kier alpha value is -0.755. The van der Waals surface area contributed by atoms with E-state index in [1.54, 1.807) is 6.26 Å². The van der Waals surface area contributed by atoms with Crippen LogP contribution in [0.2, 0.25) is 12.6 Å². The summed E-state index contributed by atoms with van der Waals surface area (Å²) in [5.41, 5.74) is 3.98. The van der Waals surface area contributed by atoms with Crippen LogP contribution in [0.5, 0.6) is 0 Å². The third-order valence-corrected chi connectivity index (χ3v) is 2.33. The summed E-state index contributed by atoms with van der Waals surface area (Å²) in [6, 6.07) is 0. The average molecular weight is 170 g/mol. The van der Waals surface area contributed by atoms with E-state index in [0.717, 1.165) is 12.7 Å². The Balaban J connectivity index is 2.46. The summed E-state index contributed by atoms with van der Waals surface area (Å²) in [4.78, 5) is 0. The molecule has 0 spiro atoms. The molecule has 5 heteroatoms. The number of alkyl halides is 1. The fraction of sp³-hybridized carbons (Fsp3) is 0.857. The fourth-order valence-corrected chi connectivity index (χ4v) is 1.62. The van der Waals surface area contributed by atoms with Gasteiger partial charge in [0.2, 0.25) is 0 Å². The van der Waals surface area contributed by atoms with Crippen LogP contribution in [0.15, 0.2) is 0 Å². The van der Waals surface area contributed by atoms with Crippen LogP contribution in [0.4, 0.5) is 4.39 Å². The van der Waals surface area contributed by atoms with Gasteiger partial charge in [-0.05, 0) is 12.7 Å². The van der Waals surface area contributed by atoms with Gasteiger partial charge in [0.05, 0.1) is 0 Å². The fourth-order valence-electron chi connectivity index (χ4n) is 1.62. The molecule has 1 saturated heterocycles. The number of nitriles is 1. The lowest BCUT2D eigenvalue weighted by Crippen LogP contribution is -2.41. The van der Waals surface area contributed by atoms with Crippen LogP contribution in [0.3, 0.4) is 0 Å². The van der Waals surface area contributed by atoms with Crippen molar-refractivity contribution in [1.29, 1.82) is 5.26 Å². The highest BCUT2D eigenvalue weighted by Gasteiger charge is 2.39. The molecule has 1 aliphatic rings. The molecule has 0 bridgehead atoms. The number of hydrogen-bond donors (Lipinski definition) is 1. The minimum absolute atomic E-state index is 0.0261. The van der Waals surface area contributed by atoms with Gasteiger partial charge in [-0.2, -0.15) is 5.26 Å². The van der Waals surface area contributed by atoms with Gasteiger partial charge in [-0.15, -0.1) is 0 Å². The van der Waals surface area contributed by atoms with Crippen molar-refractivity contribution in [2.24, 2.45) is 5.73 Å². The molecule has 0 aliphatic carbocycles. The van der Waals surface area contributed by atoms with Crippen LogP contribution in [0.1, 0.15) is 12.8 Å². The Bertz CT molecular complexity index is 196. The van der Waals surface area contributed by atoms with Crippen molar-refractivity contribution >= 4 is 6.92 Å². The minimum atomic E-state index is -1.31. The topological polar surface area (TPSA) is 59.0 Å². The second-order valence-electron chi connectivity index (χ2n) is 3.28. The average Bonchev–Trinajstić information content (AvgIpc) is 2.05. The maximum atomic E-state index is 13.6. The Kier molecular flexibility index (Phi) is 2.93. The van der Waals surface area contributed by atoms with E-state index in [0.29, 0.717) is 6.42 Å². The molecule has 1 aliphatic heterocycles. The Morgan fingerprint density at radius 3 is 3.08 bits per heavy atom. The molecule has 12 heavy (non-hydrogen) atoms. The first-order valence-corrected chi connectivity index (χ1v) is 4.14. The first-order chi connectivity index (χ1) is 5.70. The summed E-state index contributed by atoms with van der Waals surface area (Å²) < 4.78 is 18.3. The Labute approximate surface area is 71.8 Å². The van der Waals surface area contributed by atoms with Crippen LogP contribution < -0.4 is 5.73 Å². The van der Waals surface area contributed by atoms with Crippen LogP contribution in [0, 0.1) is 11.5 Å². The van der Waals surface area contributed by atoms with Crippen LogP contribution in [-0.4, -0.2) is 19.1 Å². The zero-order chi connectivity index (χ0) is 9.03. The normalized spacial score (nSPS) is 29.6. The molecule has 0 amide bonds. The van der Waals surface area contributed by atoms with Crippen molar-refractivity contribution in [2.75, 3.05) is 6.54 Å². The van der Waals surface area contributed by atoms with Gasteiger partial charge in [-0.3, -0.25) is 0 Å². The van der Waals surface area contributed by atoms with E-state index in [2.05, 4.69) is 0 Å². The van der Waals surface area contributed by atoms with Gasteiger partial charge in [0.1, 0.15) is 5.67 Å². The molecule has 0 aromatic rings. The van der Waals surface area contributed by atoms with Crippen molar-refractivity contribution in [3.63, 3.8) is 0 Å². The summed E-state index contributed by atoms with van der Waals surface area (Å²) >= 11 is 0. The molecule has 0 aromatic carbocycles. The lowest BCUT2D eigenvalue weighted by atomic mass is 9.52. The van der Waals surface area contributed by atoms with Gasteiger partial charge < -0.3 is 10.4 Å². The molecule has 1 rings (SSSR count). The standard InChI is InChI=1S/C7H12BFN2O/c9-7(5-10)2-1-3-8(4-7)12-6-11/h1-5,10H2/t7-/m0/s1. The molecule has 2 N–H and O–H groups in total. The number of hydrogen-bond acceptors (Lipinski definition) is 3. The second kappa shape index (κ2) is 3.77. The lowest BCUT2D eigenvalue weighted by molar-refractivity contribution is 0.168. The summed E-state index contributed by atoms with van der Waals surface area (Å²) in [6.45, 7) is -0.240. The molecular formula is C7H12BFN2O. The Morgan fingerprint density at radius 2 is 2.50 bits per heavy atom. The summed E-state index contributed by atoms with van der Waals surface area (Å²) in [7, 11) is 0. The summed E-state index contributed by atoms with van der Waals surface area (Å²) in [5.74, 6) is 0. The zero-order valence-corrected chi connectivity index (χ0v) is 6.92. The van der Waals surface area contributed by atoms with E-state index >= 15 is 0 Å². The molecule has 0 radical (unpaired) electrons. The first kappa shape index (κ1) is 9.33. The monoisotopic (exact) mass is 170 g/mol. The van der Waals surface area contributed by atoms with Gasteiger partial charge in [0, 0.05) is 12.9 Å². The van der Waals surface area contributed by atoms with E-state index in [-0.39, 0.29) is 19.8 Å². The van der Waals surface area contributed by atoms with Gasteiger partial charge in [0.15, 0.2) is 0 Å². The summed E-state index contributed by atoms with van der Waals surface area (Å²) in [5, 5.41) is 8.24. The SMILES string of the molecule is N#COB1CCC[C@@](F)(CN)C1. The highest BCUT2D eigenvalue weighted by molar-refractivity contribution is 6.52. The molecule has 1 atom stereocenters. The molecule has 0 aromatic heterocycles. The van der Waals surface area contributed by atoms with E-state index in [1.165, 1.54) is 0 Å². The number of rotatable bonds is 2. The molecule has 0 saturated carbocycles. The van der Waals surface area contributed by atoms with Crippen molar-refractivity contribution < 1.29 is 9.04 Å². The molecular weight excluding hydrogens is 158 g/mol. The highest BCUT2D eigenvalue weighted by atomic mass is 19.1. The molecule has 1 fully saturated rings. The zero-order valence-electron chi connectivity index (χ0n) is 6.92. The predicted molar refractivity (Wildman–Crippen MR) is 44.2 cm³/mol. The number of nitrogens with two attached hydrogens (primary N) is 1. The Morgan fingerprint density at radius 1 is 1.75 bits per heavy atom. The maximum Gasteiger partial charge on any atom is 0.376 e. The largest absolute Gasteiger partial charge is 0.498 e. The second-order valence-corrected chi connectivity index (χ2v) is 3.28. The summed E-state index contributed by atoms with van der Waals surface area (Å²) in [6.07, 6.45) is 3.86. The van der Waals surface area contributed by atoms with Crippen LogP contribution in [-0.2, 0) is 4.65 Å². The highest BCUT2D eigenvalue weighted by Crippen LogP contribution is 2.32. The predicted octanol–water partition coefficient (Wildman–Crippen LogP) is 0.936. The van der Waals surface area contributed by atoms with Crippen LogP contribution >= 0.6 is 0 Å². The third kappa shape index (κ3) is 2.11. The number of nitrogens with zero attached hydrogens (tertiary/aromatic N) is 1. The van der Waals surface area contributed by atoms with E-state index in [1.807, 2.05) is 0 Å². The van der Waals surface area contributed by atoms with Crippen LogP contribution in [0.25, 0.3) is 0 Å².